The number of nitrogens with one attached hydrogen (secondary N) is 2. The molecule has 1 heterocycles. The van der Waals surface area contributed by atoms with E-state index >= 15 is 0 Å². The van der Waals surface area contributed by atoms with Gasteiger partial charge in [0.05, 0.1) is 19.8 Å². The second kappa shape index (κ2) is 9.87. The Morgan fingerprint density at radius 1 is 0.931 bits per heavy atom. The number of hydrogen-bond acceptors (Lipinski definition) is 4. The van der Waals surface area contributed by atoms with Crippen molar-refractivity contribution in [3.05, 3.63) is 53.7 Å². The number of aromatic nitrogens is 1. The summed E-state index contributed by atoms with van der Waals surface area (Å²) in [7, 11) is 0. The molecule has 6 heteroatoms. The molecule has 154 valence electrons. The molecule has 2 N–H and O–H groups in total. The number of ether oxygens (including phenoxy) is 3. The highest BCUT2D eigenvalue weighted by molar-refractivity contribution is 5.95. The Morgan fingerprint density at radius 2 is 1.62 bits per heavy atom. The van der Waals surface area contributed by atoms with Gasteiger partial charge in [-0.2, -0.15) is 0 Å². The van der Waals surface area contributed by atoms with Crippen LogP contribution in [0.15, 0.2) is 42.6 Å². The maximum absolute atomic E-state index is 12.7. The highest BCUT2D eigenvalue weighted by atomic mass is 16.5. The van der Waals surface area contributed by atoms with Gasteiger partial charge < -0.3 is 24.5 Å². The molecule has 0 radical (unpaired) electrons. The summed E-state index contributed by atoms with van der Waals surface area (Å²) in [6.45, 7) is 7.64. The van der Waals surface area contributed by atoms with Crippen LogP contribution in [0.1, 0.15) is 36.7 Å². The number of carbonyl (C=O) groups is 1. The Bertz CT molecular complexity index is 937. The SMILES string of the molecule is CCOc1cc(C(=O)NCCc2ccc3cc[nH]c3c2)cc(OCC)c1OCC. The number of carbonyl (C=O) groups excluding carboxylic acids is 1. The van der Waals surface area contributed by atoms with Gasteiger partial charge in [0.2, 0.25) is 5.75 Å². The Balaban J connectivity index is 1.71. The Kier molecular flexibility index (Phi) is 7.00. The molecule has 29 heavy (non-hydrogen) atoms. The van der Waals surface area contributed by atoms with Gasteiger partial charge in [0.25, 0.3) is 5.91 Å². The second-order valence-electron chi connectivity index (χ2n) is 6.51. The molecule has 0 saturated heterocycles. The van der Waals surface area contributed by atoms with Crippen LogP contribution >= 0.6 is 0 Å². The first-order chi connectivity index (χ1) is 14.2. The minimum absolute atomic E-state index is 0.170. The van der Waals surface area contributed by atoms with Crippen molar-refractivity contribution in [1.29, 1.82) is 0 Å². The number of aromatic amines is 1. The van der Waals surface area contributed by atoms with Crippen molar-refractivity contribution < 1.29 is 19.0 Å². The zero-order chi connectivity index (χ0) is 20.6. The molecule has 0 spiro atoms. The summed E-state index contributed by atoms with van der Waals surface area (Å²) < 4.78 is 17.1. The first-order valence-electron chi connectivity index (χ1n) is 10.1. The summed E-state index contributed by atoms with van der Waals surface area (Å²) in [5.74, 6) is 1.40. The van der Waals surface area contributed by atoms with Gasteiger partial charge in [-0.05, 0) is 62.4 Å². The van der Waals surface area contributed by atoms with Gasteiger partial charge in [0.15, 0.2) is 11.5 Å². The van der Waals surface area contributed by atoms with E-state index in [1.165, 1.54) is 5.39 Å². The Morgan fingerprint density at radius 3 is 2.28 bits per heavy atom. The van der Waals surface area contributed by atoms with Crippen LogP contribution in [0.25, 0.3) is 10.9 Å². The summed E-state index contributed by atoms with van der Waals surface area (Å²) in [4.78, 5) is 15.9. The quantitative estimate of drug-likeness (QED) is 0.535. The molecule has 0 saturated carbocycles. The van der Waals surface area contributed by atoms with Crippen molar-refractivity contribution in [3.8, 4) is 17.2 Å². The van der Waals surface area contributed by atoms with Crippen molar-refractivity contribution in [3.63, 3.8) is 0 Å². The highest BCUT2D eigenvalue weighted by Crippen LogP contribution is 2.39. The van der Waals surface area contributed by atoms with Gasteiger partial charge in [-0.15, -0.1) is 0 Å². The lowest BCUT2D eigenvalue weighted by molar-refractivity contribution is 0.0953. The maximum Gasteiger partial charge on any atom is 0.251 e. The van der Waals surface area contributed by atoms with Crippen LogP contribution < -0.4 is 19.5 Å². The van der Waals surface area contributed by atoms with Gasteiger partial charge in [-0.3, -0.25) is 4.79 Å². The van der Waals surface area contributed by atoms with Crippen LogP contribution in [0.5, 0.6) is 17.2 Å². The lowest BCUT2D eigenvalue weighted by Gasteiger charge is -2.17. The van der Waals surface area contributed by atoms with E-state index in [0.717, 1.165) is 17.5 Å². The lowest BCUT2D eigenvalue weighted by Crippen LogP contribution is -2.25. The highest BCUT2D eigenvalue weighted by Gasteiger charge is 2.18. The van der Waals surface area contributed by atoms with Crippen molar-refractivity contribution in [1.82, 2.24) is 10.3 Å². The maximum atomic E-state index is 12.7. The predicted molar refractivity (Wildman–Crippen MR) is 114 cm³/mol. The van der Waals surface area contributed by atoms with Crippen LogP contribution in [-0.4, -0.2) is 37.3 Å². The van der Waals surface area contributed by atoms with E-state index in [1.807, 2.05) is 33.0 Å². The van der Waals surface area contributed by atoms with Gasteiger partial charge >= 0.3 is 0 Å². The number of hydrogen-bond donors (Lipinski definition) is 2. The van der Waals surface area contributed by atoms with E-state index in [4.69, 9.17) is 14.2 Å². The number of amides is 1. The average Bonchev–Trinajstić information content (AvgIpc) is 3.18. The monoisotopic (exact) mass is 396 g/mol. The van der Waals surface area contributed by atoms with Gasteiger partial charge in [-0.25, -0.2) is 0 Å². The molecule has 2 aromatic carbocycles. The standard InChI is InChI=1S/C23H28N2O4/c1-4-27-20-14-18(15-21(28-5-2)22(20)29-6-3)23(26)25-11-9-16-7-8-17-10-12-24-19(17)13-16/h7-8,10,12-15,24H,4-6,9,11H2,1-3H3,(H,25,26). The summed E-state index contributed by atoms with van der Waals surface area (Å²) in [5, 5.41) is 4.16. The number of rotatable bonds is 10. The van der Waals surface area contributed by atoms with Crippen LogP contribution in [0.2, 0.25) is 0 Å². The molecule has 3 aromatic rings. The van der Waals surface area contributed by atoms with Crippen LogP contribution in [0.3, 0.4) is 0 Å². The minimum atomic E-state index is -0.170. The van der Waals surface area contributed by atoms with E-state index in [9.17, 15) is 4.79 Å². The molecule has 0 atom stereocenters. The first-order valence-corrected chi connectivity index (χ1v) is 10.1. The van der Waals surface area contributed by atoms with Crippen molar-refractivity contribution >= 4 is 16.8 Å². The van der Waals surface area contributed by atoms with Crippen molar-refractivity contribution in [2.24, 2.45) is 0 Å². The number of fused-ring (bicyclic) bond motifs is 1. The third-order valence-electron chi connectivity index (χ3n) is 4.49. The fourth-order valence-electron chi connectivity index (χ4n) is 3.19. The molecule has 0 aliphatic heterocycles. The molecule has 1 amide bonds. The van der Waals surface area contributed by atoms with E-state index in [0.29, 0.717) is 49.2 Å². The summed E-state index contributed by atoms with van der Waals surface area (Å²) in [6.07, 6.45) is 2.67. The van der Waals surface area contributed by atoms with Crippen molar-refractivity contribution in [2.45, 2.75) is 27.2 Å². The molecular weight excluding hydrogens is 368 g/mol. The van der Waals surface area contributed by atoms with Crippen LogP contribution in [0, 0.1) is 0 Å². The van der Waals surface area contributed by atoms with Gasteiger partial charge in [0, 0.05) is 23.8 Å². The molecule has 1 aromatic heterocycles. The molecular formula is C23H28N2O4. The summed E-state index contributed by atoms with van der Waals surface area (Å²) >= 11 is 0. The third-order valence-corrected chi connectivity index (χ3v) is 4.49. The fraction of sp³-hybridized carbons (Fsp3) is 0.348. The normalized spacial score (nSPS) is 10.7. The topological polar surface area (TPSA) is 72.6 Å². The third kappa shape index (κ3) is 5.02. The molecule has 0 fully saturated rings. The number of H-pyrrole nitrogens is 1. The minimum Gasteiger partial charge on any atom is -0.490 e. The average molecular weight is 396 g/mol. The lowest BCUT2D eigenvalue weighted by atomic mass is 10.1. The molecule has 0 aliphatic rings. The summed E-state index contributed by atoms with van der Waals surface area (Å²) in [5.41, 5.74) is 2.75. The number of benzene rings is 2. The predicted octanol–water partition coefficient (Wildman–Crippen LogP) is 4.34. The summed E-state index contributed by atoms with van der Waals surface area (Å²) in [6, 6.07) is 11.7. The molecule has 3 rings (SSSR count). The first kappa shape index (κ1) is 20.6. The molecule has 0 unspecified atom stereocenters. The van der Waals surface area contributed by atoms with E-state index in [2.05, 4.69) is 28.5 Å². The zero-order valence-electron chi connectivity index (χ0n) is 17.2. The zero-order valence-corrected chi connectivity index (χ0v) is 17.2. The van der Waals surface area contributed by atoms with Gasteiger partial charge in [0.1, 0.15) is 0 Å². The molecule has 6 nitrogen and oxygen atoms in total. The molecule has 0 bridgehead atoms. The fourth-order valence-corrected chi connectivity index (χ4v) is 3.19. The van der Waals surface area contributed by atoms with Crippen LogP contribution in [0.4, 0.5) is 0 Å². The Labute approximate surface area is 171 Å². The molecule has 0 aliphatic carbocycles. The largest absolute Gasteiger partial charge is 0.490 e. The Hall–Kier alpha value is -3.15. The van der Waals surface area contributed by atoms with E-state index in [-0.39, 0.29) is 5.91 Å². The van der Waals surface area contributed by atoms with E-state index < -0.39 is 0 Å². The second-order valence-corrected chi connectivity index (χ2v) is 6.51. The van der Waals surface area contributed by atoms with Gasteiger partial charge in [-0.1, -0.05) is 12.1 Å². The van der Waals surface area contributed by atoms with Crippen molar-refractivity contribution in [2.75, 3.05) is 26.4 Å². The smallest absolute Gasteiger partial charge is 0.251 e. The van der Waals surface area contributed by atoms with E-state index in [1.54, 1.807) is 12.1 Å². The van der Waals surface area contributed by atoms with Crippen LogP contribution in [-0.2, 0) is 6.42 Å².